The molecule has 2 rings (SSSR count). The van der Waals surface area contributed by atoms with Crippen LogP contribution in [0.5, 0.6) is 0 Å². The first-order chi connectivity index (χ1) is 8.90. The van der Waals surface area contributed by atoms with E-state index >= 15 is 0 Å². The topological polar surface area (TPSA) is 24.9 Å². The quantitative estimate of drug-likeness (QED) is 0.767. The van der Waals surface area contributed by atoms with Crippen LogP contribution in [-0.4, -0.2) is 18.6 Å². The minimum atomic E-state index is 1.13. The van der Waals surface area contributed by atoms with E-state index in [-0.39, 0.29) is 0 Å². The van der Waals surface area contributed by atoms with E-state index in [0.717, 1.165) is 6.54 Å². The van der Waals surface area contributed by atoms with Gasteiger partial charge in [0.2, 0.25) is 0 Å². The zero-order chi connectivity index (χ0) is 12.6. The predicted molar refractivity (Wildman–Crippen MR) is 79.0 cm³/mol. The summed E-state index contributed by atoms with van der Waals surface area (Å²) in [6.45, 7) is 1.13. The summed E-state index contributed by atoms with van der Waals surface area (Å²) in [4.78, 5) is 5.36. The molecule has 0 spiro atoms. The van der Waals surface area contributed by atoms with Gasteiger partial charge in [-0.15, -0.1) is 11.3 Å². The Bertz CT molecular complexity index is 434. The number of aryl methyl sites for hydroxylation is 1. The monoisotopic (exact) mass is 260 g/mol. The molecule has 0 atom stereocenters. The van der Waals surface area contributed by atoms with Gasteiger partial charge in [-0.3, -0.25) is 4.98 Å². The van der Waals surface area contributed by atoms with E-state index in [2.05, 4.69) is 34.6 Å². The average Bonchev–Trinajstić information content (AvgIpc) is 2.93. The Morgan fingerprint density at radius 2 is 1.94 bits per heavy atom. The lowest BCUT2D eigenvalue weighted by molar-refractivity contribution is 0.642. The summed E-state index contributed by atoms with van der Waals surface area (Å²) in [5, 5.41) is 3.18. The summed E-state index contributed by atoms with van der Waals surface area (Å²) in [6, 6.07) is 8.90. The maximum absolute atomic E-state index is 4.11. The van der Waals surface area contributed by atoms with Crippen LogP contribution in [0.3, 0.4) is 0 Å². The number of aromatic nitrogens is 1. The van der Waals surface area contributed by atoms with Gasteiger partial charge in [-0.25, -0.2) is 0 Å². The smallest absolute Gasteiger partial charge is 0.0797 e. The first-order valence-corrected chi connectivity index (χ1v) is 7.40. The Labute approximate surface area is 113 Å². The highest BCUT2D eigenvalue weighted by Crippen LogP contribution is 2.23. The molecule has 0 fully saturated rings. The lowest BCUT2D eigenvalue weighted by atomic mass is 10.0. The van der Waals surface area contributed by atoms with Crippen molar-refractivity contribution in [2.75, 3.05) is 13.6 Å². The van der Waals surface area contributed by atoms with Crippen LogP contribution in [0.1, 0.15) is 24.8 Å². The molecule has 0 aliphatic rings. The number of unbranched alkanes of at least 4 members (excludes halogenated alkanes) is 2. The van der Waals surface area contributed by atoms with Gasteiger partial charge in [0.25, 0.3) is 0 Å². The van der Waals surface area contributed by atoms with Gasteiger partial charge in [0.05, 0.1) is 10.4 Å². The zero-order valence-corrected chi connectivity index (χ0v) is 11.7. The SMILES string of the molecule is CNCCCCCc1ccc(-c2cncs2)cc1. The number of hydrogen-bond acceptors (Lipinski definition) is 3. The van der Waals surface area contributed by atoms with Gasteiger partial charge < -0.3 is 5.32 Å². The Balaban J connectivity index is 1.81. The van der Waals surface area contributed by atoms with Gasteiger partial charge in [0.15, 0.2) is 0 Å². The minimum Gasteiger partial charge on any atom is -0.320 e. The average molecular weight is 260 g/mol. The molecular weight excluding hydrogens is 240 g/mol. The second-order valence-electron chi connectivity index (χ2n) is 4.48. The molecule has 0 saturated carbocycles. The fourth-order valence-corrected chi connectivity index (χ4v) is 2.63. The molecule has 2 aromatic rings. The Hall–Kier alpha value is -1.19. The van der Waals surface area contributed by atoms with Gasteiger partial charge in [-0.1, -0.05) is 30.7 Å². The highest BCUT2D eigenvalue weighted by molar-refractivity contribution is 7.13. The van der Waals surface area contributed by atoms with E-state index in [1.807, 2.05) is 18.8 Å². The molecule has 3 heteroatoms. The third-order valence-corrected chi connectivity index (χ3v) is 3.89. The van der Waals surface area contributed by atoms with Gasteiger partial charge in [-0.2, -0.15) is 0 Å². The van der Waals surface area contributed by atoms with Gasteiger partial charge in [0.1, 0.15) is 0 Å². The maximum atomic E-state index is 4.11. The fraction of sp³-hybridized carbons (Fsp3) is 0.400. The van der Waals surface area contributed by atoms with Crippen molar-refractivity contribution in [2.24, 2.45) is 0 Å². The van der Waals surface area contributed by atoms with E-state index in [4.69, 9.17) is 0 Å². The Kier molecular flexibility index (Phi) is 5.36. The normalized spacial score (nSPS) is 10.7. The minimum absolute atomic E-state index is 1.13. The van der Waals surface area contributed by atoms with Crippen LogP contribution in [0.2, 0.25) is 0 Å². The maximum Gasteiger partial charge on any atom is 0.0797 e. The van der Waals surface area contributed by atoms with Crippen molar-refractivity contribution >= 4 is 11.3 Å². The lowest BCUT2D eigenvalue weighted by Crippen LogP contribution is -2.07. The van der Waals surface area contributed by atoms with Gasteiger partial charge >= 0.3 is 0 Å². The number of nitrogens with one attached hydrogen (secondary N) is 1. The molecule has 1 heterocycles. The number of rotatable bonds is 7. The first-order valence-electron chi connectivity index (χ1n) is 6.52. The zero-order valence-electron chi connectivity index (χ0n) is 10.9. The summed E-state index contributed by atoms with van der Waals surface area (Å²) in [7, 11) is 2.01. The summed E-state index contributed by atoms with van der Waals surface area (Å²) in [5.41, 5.74) is 4.59. The summed E-state index contributed by atoms with van der Waals surface area (Å²) in [6.07, 6.45) is 6.97. The second kappa shape index (κ2) is 7.29. The molecule has 0 aliphatic heterocycles. The molecule has 0 amide bonds. The summed E-state index contributed by atoms with van der Waals surface area (Å²) in [5.74, 6) is 0. The van der Waals surface area contributed by atoms with E-state index in [1.54, 1.807) is 11.3 Å². The molecule has 1 N–H and O–H groups in total. The predicted octanol–water partition coefficient (Wildman–Crippen LogP) is 3.74. The highest BCUT2D eigenvalue weighted by atomic mass is 32.1. The van der Waals surface area contributed by atoms with Crippen molar-refractivity contribution in [3.05, 3.63) is 41.5 Å². The number of hydrogen-bond donors (Lipinski definition) is 1. The van der Waals surface area contributed by atoms with Crippen molar-refractivity contribution in [1.82, 2.24) is 10.3 Å². The number of benzene rings is 1. The largest absolute Gasteiger partial charge is 0.320 e. The fourth-order valence-electron chi connectivity index (χ4n) is 2.00. The van der Waals surface area contributed by atoms with Crippen LogP contribution in [0, 0.1) is 0 Å². The van der Waals surface area contributed by atoms with Crippen molar-refractivity contribution in [3.8, 4) is 10.4 Å². The van der Waals surface area contributed by atoms with E-state index in [1.165, 1.54) is 41.7 Å². The van der Waals surface area contributed by atoms with Crippen molar-refractivity contribution < 1.29 is 0 Å². The third-order valence-electron chi connectivity index (χ3n) is 3.06. The molecule has 0 saturated heterocycles. The van der Waals surface area contributed by atoms with Crippen molar-refractivity contribution in [3.63, 3.8) is 0 Å². The second-order valence-corrected chi connectivity index (χ2v) is 5.36. The van der Waals surface area contributed by atoms with E-state index in [9.17, 15) is 0 Å². The van der Waals surface area contributed by atoms with E-state index in [0.29, 0.717) is 0 Å². The summed E-state index contributed by atoms with van der Waals surface area (Å²) < 4.78 is 0. The van der Waals surface area contributed by atoms with Crippen LogP contribution in [0.4, 0.5) is 0 Å². The van der Waals surface area contributed by atoms with Crippen molar-refractivity contribution in [1.29, 1.82) is 0 Å². The molecule has 0 bridgehead atoms. The third kappa shape index (κ3) is 3.93. The Morgan fingerprint density at radius 3 is 2.61 bits per heavy atom. The Morgan fingerprint density at radius 1 is 1.11 bits per heavy atom. The van der Waals surface area contributed by atoms with E-state index < -0.39 is 0 Å². The molecular formula is C15H20N2S. The number of thiazole rings is 1. The van der Waals surface area contributed by atoms with Crippen LogP contribution in [0.15, 0.2) is 36.0 Å². The molecule has 96 valence electrons. The molecule has 0 unspecified atom stereocenters. The molecule has 2 nitrogen and oxygen atoms in total. The summed E-state index contributed by atoms with van der Waals surface area (Å²) >= 11 is 1.69. The van der Waals surface area contributed by atoms with Crippen molar-refractivity contribution in [2.45, 2.75) is 25.7 Å². The standard InChI is InChI=1S/C15H20N2S/c1-16-10-4-2-3-5-13-6-8-14(9-7-13)15-11-17-12-18-15/h6-9,11-12,16H,2-5,10H2,1H3. The van der Waals surface area contributed by atoms with Gasteiger partial charge in [-0.05, 0) is 44.0 Å². The van der Waals surface area contributed by atoms with Crippen LogP contribution >= 0.6 is 11.3 Å². The molecule has 0 aliphatic carbocycles. The van der Waals surface area contributed by atoms with Crippen LogP contribution < -0.4 is 5.32 Å². The highest BCUT2D eigenvalue weighted by Gasteiger charge is 1.99. The van der Waals surface area contributed by atoms with Gasteiger partial charge in [0, 0.05) is 6.20 Å². The van der Waals surface area contributed by atoms with Crippen LogP contribution in [0.25, 0.3) is 10.4 Å². The van der Waals surface area contributed by atoms with Crippen LogP contribution in [-0.2, 0) is 6.42 Å². The molecule has 18 heavy (non-hydrogen) atoms. The molecule has 0 radical (unpaired) electrons. The first kappa shape index (κ1) is 13.2. The molecule has 1 aromatic heterocycles. The number of nitrogens with zero attached hydrogens (tertiary/aromatic N) is 1. The lowest BCUT2D eigenvalue weighted by Gasteiger charge is -2.03. The molecule has 1 aromatic carbocycles.